The molecule has 0 saturated carbocycles. The molecule has 0 atom stereocenters. The van der Waals surface area contributed by atoms with Gasteiger partial charge in [-0.05, 0) is 48.0 Å². The van der Waals surface area contributed by atoms with Gasteiger partial charge in [0.15, 0.2) is 4.32 Å². The minimum absolute atomic E-state index is 0.206. The molecule has 3 rings (SSSR count). The fourth-order valence-electron chi connectivity index (χ4n) is 2.13. The molecule has 23 heavy (non-hydrogen) atoms. The first kappa shape index (κ1) is 15.7. The summed E-state index contributed by atoms with van der Waals surface area (Å²) in [6.45, 7) is 0. The second-order valence-electron chi connectivity index (χ2n) is 4.77. The molecular formula is C17H12FNO2S2. The quantitative estimate of drug-likeness (QED) is 0.615. The molecule has 2 aromatic rings. The highest BCUT2D eigenvalue weighted by atomic mass is 32.2. The molecule has 1 aliphatic heterocycles. The minimum atomic E-state index is -0.354. The molecule has 2 aromatic carbocycles. The molecule has 0 N–H and O–H groups in total. The lowest BCUT2D eigenvalue weighted by Gasteiger charge is -2.14. The van der Waals surface area contributed by atoms with E-state index in [-0.39, 0.29) is 11.7 Å². The Labute approximate surface area is 142 Å². The number of carbonyl (C=O) groups excluding carboxylic acids is 1. The number of hydrogen-bond donors (Lipinski definition) is 0. The maximum Gasteiger partial charge on any atom is 0.270 e. The first-order valence-electron chi connectivity index (χ1n) is 6.76. The Balaban J connectivity index is 1.88. The number of carbonyl (C=O) groups is 1. The average molecular weight is 345 g/mol. The lowest BCUT2D eigenvalue weighted by atomic mass is 10.2. The van der Waals surface area contributed by atoms with Crippen molar-refractivity contribution >= 4 is 46.0 Å². The third-order valence-electron chi connectivity index (χ3n) is 3.29. The Morgan fingerprint density at radius 1 is 1.13 bits per heavy atom. The molecule has 116 valence electrons. The smallest absolute Gasteiger partial charge is 0.270 e. The van der Waals surface area contributed by atoms with Crippen molar-refractivity contribution in [3.63, 3.8) is 0 Å². The molecular weight excluding hydrogens is 333 g/mol. The van der Waals surface area contributed by atoms with Gasteiger partial charge in [0, 0.05) is 0 Å². The standard InChI is InChI=1S/C17H12FNO2S2/c1-21-14-8-2-11(3-9-14)10-15-16(20)19(17(22)23-15)13-6-4-12(18)5-7-13/h2-10H,1H3/b15-10+. The SMILES string of the molecule is COc1ccc(/C=C2/SC(=S)N(c3ccc(F)cc3)C2=O)cc1. The number of thioether (sulfide) groups is 1. The van der Waals surface area contributed by atoms with Crippen molar-refractivity contribution < 1.29 is 13.9 Å². The van der Waals surface area contributed by atoms with Crippen molar-refractivity contribution in [1.82, 2.24) is 0 Å². The molecule has 1 aliphatic rings. The summed E-state index contributed by atoms with van der Waals surface area (Å²) < 4.78 is 18.6. The van der Waals surface area contributed by atoms with E-state index in [0.29, 0.717) is 14.9 Å². The van der Waals surface area contributed by atoms with Gasteiger partial charge in [0.1, 0.15) is 11.6 Å². The van der Waals surface area contributed by atoms with Crippen LogP contribution in [-0.2, 0) is 4.79 Å². The van der Waals surface area contributed by atoms with Crippen molar-refractivity contribution in [1.29, 1.82) is 0 Å². The molecule has 0 bridgehead atoms. The van der Waals surface area contributed by atoms with Crippen LogP contribution in [0.5, 0.6) is 5.75 Å². The lowest BCUT2D eigenvalue weighted by molar-refractivity contribution is -0.113. The van der Waals surface area contributed by atoms with E-state index in [9.17, 15) is 9.18 Å². The van der Waals surface area contributed by atoms with Gasteiger partial charge < -0.3 is 4.74 Å². The molecule has 1 fully saturated rings. The monoisotopic (exact) mass is 345 g/mol. The molecule has 0 aromatic heterocycles. The van der Waals surface area contributed by atoms with Crippen LogP contribution in [0.3, 0.4) is 0 Å². The number of benzene rings is 2. The number of amides is 1. The summed E-state index contributed by atoms with van der Waals surface area (Å²) in [6.07, 6.45) is 1.78. The van der Waals surface area contributed by atoms with Crippen LogP contribution in [0.2, 0.25) is 0 Å². The van der Waals surface area contributed by atoms with Crippen LogP contribution in [-0.4, -0.2) is 17.3 Å². The summed E-state index contributed by atoms with van der Waals surface area (Å²) in [6, 6.07) is 13.1. The van der Waals surface area contributed by atoms with E-state index < -0.39 is 0 Å². The summed E-state index contributed by atoms with van der Waals surface area (Å²) in [4.78, 5) is 14.5. The Morgan fingerprint density at radius 2 is 1.78 bits per heavy atom. The topological polar surface area (TPSA) is 29.5 Å². The van der Waals surface area contributed by atoms with Gasteiger partial charge in [0.25, 0.3) is 5.91 Å². The average Bonchev–Trinajstić information content (AvgIpc) is 2.83. The zero-order valence-corrected chi connectivity index (χ0v) is 13.8. The first-order valence-corrected chi connectivity index (χ1v) is 7.98. The Hall–Kier alpha value is -2.18. The third-order valence-corrected chi connectivity index (χ3v) is 4.59. The highest BCUT2D eigenvalue weighted by molar-refractivity contribution is 8.27. The number of ether oxygens (including phenoxy) is 1. The fraction of sp³-hybridized carbons (Fsp3) is 0.0588. The maximum atomic E-state index is 13.0. The summed E-state index contributed by atoms with van der Waals surface area (Å²) in [5, 5.41) is 0. The molecule has 6 heteroatoms. The summed E-state index contributed by atoms with van der Waals surface area (Å²) >= 11 is 6.51. The summed E-state index contributed by atoms with van der Waals surface area (Å²) in [7, 11) is 1.60. The van der Waals surface area contributed by atoms with Gasteiger partial charge in [-0.25, -0.2) is 4.39 Å². The second-order valence-corrected chi connectivity index (χ2v) is 6.44. The van der Waals surface area contributed by atoms with Gasteiger partial charge >= 0.3 is 0 Å². The van der Waals surface area contributed by atoms with Crippen molar-refractivity contribution in [2.24, 2.45) is 0 Å². The van der Waals surface area contributed by atoms with Gasteiger partial charge in [-0.15, -0.1) is 0 Å². The van der Waals surface area contributed by atoms with E-state index >= 15 is 0 Å². The van der Waals surface area contributed by atoms with E-state index in [1.54, 1.807) is 13.2 Å². The number of halogens is 1. The molecule has 1 amide bonds. The highest BCUT2D eigenvalue weighted by Crippen LogP contribution is 2.36. The van der Waals surface area contributed by atoms with E-state index in [4.69, 9.17) is 17.0 Å². The van der Waals surface area contributed by atoms with Crippen LogP contribution in [0.4, 0.5) is 10.1 Å². The van der Waals surface area contributed by atoms with Crippen LogP contribution >= 0.6 is 24.0 Å². The number of methoxy groups -OCH3 is 1. The number of thiocarbonyl (C=S) groups is 1. The normalized spacial score (nSPS) is 16.3. The largest absolute Gasteiger partial charge is 0.497 e. The van der Waals surface area contributed by atoms with Crippen LogP contribution in [0.25, 0.3) is 6.08 Å². The van der Waals surface area contributed by atoms with Crippen molar-refractivity contribution in [2.45, 2.75) is 0 Å². The minimum Gasteiger partial charge on any atom is -0.497 e. The van der Waals surface area contributed by atoms with Gasteiger partial charge in [0.2, 0.25) is 0 Å². The van der Waals surface area contributed by atoms with E-state index in [1.807, 2.05) is 24.3 Å². The summed E-state index contributed by atoms with van der Waals surface area (Å²) in [5.74, 6) is 0.191. The van der Waals surface area contributed by atoms with E-state index in [2.05, 4.69) is 0 Å². The van der Waals surface area contributed by atoms with Crippen LogP contribution in [0.15, 0.2) is 53.4 Å². The predicted molar refractivity (Wildman–Crippen MR) is 95.0 cm³/mol. The van der Waals surface area contributed by atoms with Crippen molar-refractivity contribution in [3.05, 3.63) is 64.8 Å². The Morgan fingerprint density at radius 3 is 2.39 bits per heavy atom. The number of rotatable bonds is 3. The second kappa shape index (κ2) is 6.52. The molecule has 0 aliphatic carbocycles. The fourth-order valence-corrected chi connectivity index (χ4v) is 3.43. The predicted octanol–water partition coefficient (Wildman–Crippen LogP) is 4.24. The van der Waals surface area contributed by atoms with Crippen LogP contribution < -0.4 is 9.64 Å². The van der Waals surface area contributed by atoms with Gasteiger partial charge in [0.05, 0.1) is 17.7 Å². The van der Waals surface area contributed by atoms with Crippen LogP contribution in [0.1, 0.15) is 5.56 Å². The van der Waals surface area contributed by atoms with Gasteiger partial charge in [-0.3, -0.25) is 9.69 Å². The molecule has 3 nitrogen and oxygen atoms in total. The molecule has 1 saturated heterocycles. The van der Waals surface area contributed by atoms with Crippen LogP contribution in [0, 0.1) is 5.82 Å². The molecule has 0 radical (unpaired) electrons. The van der Waals surface area contributed by atoms with Crippen molar-refractivity contribution in [2.75, 3.05) is 12.0 Å². The van der Waals surface area contributed by atoms with E-state index in [1.165, 1.54) is 40.9 Å². The Kier molecular flexibility index (Phi) is 4.45. The molecule has 0 spiro atoms. The lowest BCUT2D eigenvalue weighted by Crippen LogP contribution is -2.27. The Bertz CT molecular complexity index is 785. The van der Waals surface area contributed by atoms with Crippen molar-refractivity contribution in [3.8, 4) is 5.75 Å². The van der Waals surface area contributed by atoms with Gasteiger partial charge in [-0.2, -0.15) is 0 Å². The van der Waals surface area contributed by atoms with Gasteiger partial charge in [-0.1, -0.05) is 36.1 Å². The molecule has 1 heterocycles. The van der Waals surface area contributed by atoms with E-state index in [0.717, 1.165) is 11.3 Å². The first-order chi connectivity index (χ1) is 11.1. The maximum absolute atomic E-state index is 13.0. The number of hydrogen-bond acceptors (Lipinski definition) is 4. The zero-order valence-electron chi connectivity index (χ0n) is 12.2. The highest BCUT2D eigenvalue weighted by Gasteiger charge is 2.33. The number of anilines is 1. The molecule has 0 unspecified atom stereocenters. The third kappa shape index (κ3) is 3.28. The summed E-state index contributed by atoms with van der Waals surface area (Å²) in [5.41, 5.74) is 1.44. The zero-order chi connectivity index (χ0) is 16.4. The number of nitrogens with zero attached hydrogens (tertiary/aromatic N) is 1.